The maximum atomic E-state index is 10.5. The van der Waals surface area contributed by atoms with Gasteiger partial charge in [-0.25, -0.2) is 0 Å². The van der Waals surface area contributed by atoms with E-state index in [1.807, 2.05) is 12.1 Å². The highest BCUT2D eigenvalue weighted by atomic mass is 28.5. The van der Waals surface area contributed by atoms with Gasteiger partial charge in [0, 0.05) is 12.8 Å². The number of azo groups is 1. The van der Waals surface area contributed by atoms with E-state index >= 15 is 0 Å². The van der Waals surface area contributed by atoms with Gasteiger partial charge in [-0.1, -0.05) is 0 Å². The Morgan fingerprint density at radius 1 is 0.769 bits per heavy atom. The van der Waals surface area contributed by atoms with Gasteiger partial charge in [0.1, 0.15) is 0 Å². The first-order valence-corrected chi connectivity index (χ1v) is 22.3. The molecule has 0 rings (SSSR count). The van der Waals surface area contributed by atoms with Crippen LogP contribution in [0.1, 0.15) is 52.4 Å². The minimum absolute atomic E-state index is 0.0389. The number of nitrogens with zero attached hydrogens (tertiary/aromatic N) is 4. The SMILES string of the molecule is CC(C#N)(CCC(=O)O)N=NC(C)(C#N)CCC(=O)O.C[Si](C)(CCCN)O[Si](C)(C)O[Si](C)(C)CCCN. The molecule has 15 heteroatoms. The van der Waals surface area contributed by atoms with Crippen LogP contribution in [0.4, 0.5) is 0 Å². The highest BCUT2D eigenvalue weighted by Gasteiger charge is 2.39. The molecule has 0 heterocycles. The van der Waals surface area contributed by atoms with E-state index in [9.17, 15) is 9.59 Å². The second-order valence-electron chi connectivity index (χ2n) is 11.7. The van der Waals surface area contributed by atoms with Crippen molar-refractivity contribution in [3.8, 4) is 12.1 Å². The molecule has 0 spiro atoms. The van der Waals surface area contributed by atoms with E-state index in [4.69, 9.17) is 40.4 Å². The van der Waals surface area contributed by atoms with Crippen molar-refractivity contribution in [2.24, 2.45) is 21.7 Å². The van der Waals surface area contributed by atoms with Gasteiger partial charge in [0.05, 0.1) is 12.1 Å². The van der Waals surface area contributed by atoms with Gasteiger partial charge in [-0.2, -0.15) is 20.8 Å². The number of carboxylic acid groups (broad SMARTS) is 2. The highest BCUT2D eigenvalue weighted by molar-refractivity contribution is 6.87. The molecule has 224 valence electrons. The molecular formula is C24H50N6O6Si3. The van der Waals surface area contributed by atoms with Crippen molar-refractivity contribution in [2.75, 3.05) is 13.1 Å². The van der Waals surface area contributed by atoms with E-state index < -0.39 is 48.2 Å². The molecule has 12 nitrogen and oxygen atoms in total. The van der Waals surface area contributed by atoms with Crippen LogP contribution in [-0.2, 0) is 17.8 Å². The normalized spacial score (nSPS) is 15.3. The van der Waals surface area contributed by atoms with Crippen LogP contribution >= 0.6 is 0 Å². The second-order valence-corrected chi connectivity index (χ2v) is 24.1. The number of hydrogen-bond acceptors (Lipinski definition) is 10. The molecule has 39 heavy (non-hydrogen) atoms. The lowest BCUT2D eigenvalue weighted by Crippen LogP contribution is -2.52. The van der Waals surface area contributed by atoms with E-state index in [1.54, 1.807) is 0 Å². The van der Waals surface area contributed by atoms with Crippen molar-refractivity contribution < 1.29 is 28.0 Å². The Hall–Kier alpha value is -1.99. The number of carboxylic acids is 2. The first-order valence-electron chi connectivity index (χ1n) is 13.2. The van der Waals surface area contributed by atoms with Crippen LogP contribution in [0.2, 0.25) is 51.4 Å². The van der Waals surface area contributed by atoms with Crippen LogP contribution in [-0.4, -0.2) is 71.5 Å². The molecule has 0 amide bonds. The first-order chi connectivity index (χ1) is 17.7. The van der Waals surface area contributed by atoms with E-state index in [0.29, 0.717) is 0 Å². The molecule has 0 aliphatic carbocycles. The van der Waals surface area contributed by atoms with Crippen molar-refractivity contribution >= 4 is 37.1 Å². The smallest absolute Gasteiger partial charge is 0.311 e. The standard InChI is InChI=1S/C12H16N4O4.C12H34N2O2Si3/c1-11(7-13,5-3-9(17)18)15-16-12(2,8-14)6-4-10(19)20;1-17(2,11-7-9-13)15-19(5,6)16-18(3,4)12-8-10-14/h3-6H2,1-2H3,(H,17,18)(H,19,20);7-14H2,1-6H3. The summed E-state index contributed by atoms with van der Waals surface area (Å²) in [6.45, 7) is 17.8. The topological polar surface area (TPSA) is 217 Å². The lowest BCUT2D eigenvalue weighted by molar-refractivity contribution is -0.138. The first kappa shape index (κ1) is 39.2. The number of hydrogen-bond donors (Lipinski definition) is 4. The maximum absolute atomic E-state index is 10.5. The van der Waals surface area contributed by atoms with Gasteiger partial charge in [0.25, 0.3) is 0 Å². The van der Waals surface area contributed by atoms with Crippen molar-refractivity contribution in [1.29, 1.82) is 10.5 Å². The molecule has 0 aromatic carbocycles. The molecule has 0 saturated carbocycles. The van der Waals surface area contributed by atoms with E-state index in [2.05, 4.69) is 49.5 Å². The number of nitrogens with two attached hydrogens (primary N) is 2. The van der Waals surface area contributed by atoms with Crippen molar-refractivity contribution in [3.05, 3.63) is 0 Å². The molecular weight excluding hydrogens is 553 g/mol. The summed E-state index contributed by atoms with van der Waals surface area (Å²) in [5.74, 6) is -2.12. The monoisotopic (exact) mass is 602 g/mol. The van der Waals surface area contributed by atoms with Gasteiger partial charge in [-0.15, -0.1) is 0 Å². The average Bonchev–Trinajstić information content (AvgIpc) is 2.81. The lowest BCUT2D eigenvalue weighted by atomic mass is 9.97. The zero-order valence-corrected chi connectivity index (χ0v) is 28.0. The third kappa shape index (κ3) is 20.6. The molecule has 6 N–H and O–H groups in total. The summed E-state index contributed by atoms with van der Waals surface area (Å²) in [5.41, 5.74) is 8.50. The minimum Gasteiger partial charge on any atom is -0.481 e. The molecule has 0 aromatic heterocycles. The fraction of sp³-hybridized carbons (Fsp3) is 0.833. The molecule has 0 aliphatic heterocycles. The fourth-order valence-corrected chi connectivity index (χ4v) is 17.8. The molecule has 2 atom stereocenters. The number of nitriles is 2. The Balaban J connectivity index is 0. The minimum atomic E-state index is -2.03. The van der Waals surface area contributed by atoms with Gasteiger partial charge >= 0.3 is 20.5 Å². The van der Waals surface area contributed by atoms with Gasteiger partial charge in [0.15, 0.2) is 27.7 Å². The zero-order valence-electron chi connectivity index (χ0n) is 25.0. The maximum Gasteiger partial charge on any atom is 0.311 e. The highest BCUT2D eigenvalue weighted by Crippen LogP contribution is 2.26. The van der Waals surface area contributed by atoms with Crippen LogP contribution in [0.25, 0.3) is 0 Å². The molecule has 2 unspecified atom stereocenters. The molecule has 0 aliphatic rings. The summed E-state index contributed by atoms with van der Waals surface area (Å²) in [6, 6.07) is 5.93. The molecule has 0 fully saturated rings. The predicted molar refractivity (Wildman–Crippen MR) is 158 cm³/mol. The summed E-state index contributed by atoms with van der Waals surface area (Å²) in [7, 11) is -5.31. The van der Waals surface area contributed by atoms with Crippen LogP contribution in [0.5, 0.6) is 0 Å². The van der Waals surface area contributed by atoms with Crippen LogP contribution < -0.4 is 11.5 Å². The number of rotatable bonds is 18. The summed E-state index contributed by atoms with van der Waals surface area (Å²) in [5, 5.41) is 42.7. The van der Waals surface area contributed by atoms with E-state index in [-0.39, 0.29) is 25.7 Å². The summed E-state index contributed by atoms with van der Waals surface area (Å²) < 4.78 is 12.9. The second kappa shape index (κ2) is 17.6. The summed E-state index contributed by atoms with van der Waals surface area (Å²) in [6.07, 6.45) is 1.53. The fourth-order valence-electron chi connectivity index (χ4n) is 3.69. The van der Waals surface area contributed by atoms with Crippen molar-refractivity contribution in [1.82, 2.24) is 0 Å². The van der Waals surface area contributed by atoms with Crippen molar-refractivity contribution in [2.45, 2.75) is 115 Å². The lowest BCUT2D eigenvalue weighted by Gasteiger charge is -2.38. The van der Waals surface area contributed by atoms with Crippen LogP contribution in [0.15, 0.2) is 10.2 Å². The third-order valence-corrected chi connectivity index (χ3v) is 17.1. The summed E-state index contributed by atoms with van der Waals surface area (Å²) in [4.78, 5) is 21.0. The summed E-state index contributed by atoms with van der Waals surface area (Å²) >= 11 is 0. The molecule has 0 radical (unpaired) electrons. The van der Waals surface area contributed by atoms with Gasteiger partial charge in [0.2, 0.25) is 0 Å². The van der Waals surface area contributed by atoms with Gasteiger partial charge in [-0.05, 0) is 104 Å². The number of aliphatic carboxylic acids is 2. The quantitative estimate of drug-likeness (QED) is 0.126. The molecule has 0 saturated heterocycles. The Kier molecular flexibility index (Phi) is 17.7. The van der Waals surface area contributed by atoms with Gasteiger partial charge < -0.3 is 29.9 Å². The Bertz CT molecular complexity index is 823. The Labute approximate surface area is 237 Å². The van der Waals surface area contributed by atoms with Crippen LogP contribution in [0, 0.1) is 22.7 Å². The third-order valence-electron chi connectivity index (χ3n) is 5.63. The number of carbonyl (C=O) groups is 2. The van der Waals surface area contributed by atoms with Crippen LogP contribution in [0.3, 0.4) is 0 Å². The predicted octanol–water partition coefficient (Wildman–Crippen LogP) is 4.56. The molecule has 0 bridgehead atoms. The van der Waals surface area contributed by atoms with Crippen molar-refractivity contribution in [3.63, 3.8) is 0 Å². The Morgan fingerprint density at radius 2 is 1.08 bits per heavy atom. The zero-order chi connectivity index (χ0) is 31.0. The molecule has 0 aromatic rings. The Morgan fingerprint density at radius 3 is 1.31 bits per heavy atom. The average molecular weight is 603 g/mol. The van der Waals surface area contributed by atoms with E-state index in [0.717, 1.165) is 38.0 Å². The largest absolute Gasteiger partial charge is 0.481 e. The van der Waals surface area contributed by atoms with E-state index in [1.165, 1.54) is 13.8 Å². The van der Waals surface area contributed by atoms with Gasteiger partial charge in [-0.3, -0.25) is 9.59 Å².